The van der Waals surface area contributed by atoms with Crippen LogP contribution in [0, 0.1) is 0 Å². The number of carbonyl (C=O) groups is 2. The molecule has 184 valence electrons. The van der Waals surface area contributed by atoms with E-state index in [0.717, 1.165) is 31.7 Å². The number of ketones is 2. The van der Waals surface area contributed by atoms with Gasteiger partial charge in [-0.25, -0.2) is 13.5 Å². The Bertz CT molecular complexity index is 1180. The summed E-state index contributed by atoms with van der Waals surface area (Å²) in [5.74, 6) is -0.424. The van der Waals surface area contributed by atoms with Crippen LogP contribution in [-0.2, 0) is 19.3 Å². The van der Waals surface area contributed by atoms with Crippen molar-refractivity contribution in [1.82, 2.24) is 0 Å². The van der Waals surface area contributed by atoms with Gasteiger partial charge < -0.3 is 13.8 Å². The SMILES string of the molecule is CCC[N+]1(C)CCOCC1N(O)c1cccc2c1C(=O)c1ccccc1C2=O.COS(=O)(=O)[O-]. The number of ether oxygens (including phenoxy) is 1. The molecular weight excluding hydrogens is 464 g/mol. The van der Waals surface area contributed by atoms with Crippen LogP contribution in [0.4, 0.5) is 5.69 Å². The van der Waals surface area contributed by atoms with E-state index in [-0.39, 0.29) is 23.3 Å². The number of carbonyl (C=O) groups excluding carboxylic acids is 2. The van der Waals surface area contributed by atoms with Crippen molar-refractivity contribution < 1.29 is 41.2 Å². The number of rotatable bonds is 5. The lowest BCUT2D eigenvalue weighted by Crippen LogP contribution is -2.65. The molecule has 2 aromatic carbocycles. The van der Waals surface area contributed by atoms with Gasteiger partial charge in [-0.2, -0.15) is 0 Å². The summed E-state index contributed by atoms with van der Waals surface area (Å²) in [4.78, 5) is 26.2. The summed E-state index contributed by atoms with van der Waals surface area (Å²) in [5.41, 5.74) is 1.76. The van der Waals surface area contributed by atoms with E-state index in [4.69, 9.17) is 4.74 Å². The summed E-state index contributed by atoms with van der Waals surface area (Å²) in [7, 11) is -1.51. The predicted octanol–water partition coefficient (Wildman–Crippen LogP) is 1.96. The van der Waals surface area contributed by atoms with Gasteiger partial charge in [0.25, 0.3) is 0 Å². The minimum Gasteiger partial charge on any atom is -0.726 e. The first-order valence-corrected chi connectivity index (χ1v) is 12.1. The lowest BCUT2D eigenvalue weighted by molar-refractivity contribution is -0.942. The maximum Gasteiger partial charge on any atom is 0.217 e. The Morgan fingerprint density at radius 2 is 1.71 bits per heavy atom. The summed E-state index contributed by atoms with van der Waals surface area (Å²) >= 11 is 0. The topological polar surface area (TPSA) is 133 Å². The Morgan fingerprint density at radius 3 is 2.29 bits per heavy atom. The zero-order chi connectivity index (χ0) is 25.1. The molecule has 1 saturated heterocycles. The van der Waals surface area contributed by atoms with Crippen molar-refractivity contribution in [1.29, 1.82) is 0 Å². The number of hydrogen-bond donors (Lipinski definition) is 1. The minimum absolute atomic E-state index is 0.189. The van der Waals surface area contributed by atoms with E-state index in [1.807, 2.05) is 0 Å². The van der Waals surface area contributed by atoms with E-state index in [2.05, 4.69) is 18.2 Å². The molecule has 4 rings (SSSR count). The van der Waals surface area contributed by atoms with E-state index in [0.29, 0.717) is 40.1 Å². The van der Waals surface area contributed by atoms with Gasteiger partial charge in [0, 0.05) is 16.7 Å². The number of fused-ring (bicyclic) bond motifs is 2. The van der Waals surface area contributed by atoms with Gasteiger partial charge in [0.05, 0.1) is 38.6 Å². The van der Waals surface area contributed by atoms with E-state index in [1.165, 1.54) is 0 Å². The number of nitrogens with zero attached hydrogens (tertiary/aromatic N) is 2. The standard InChI is InChI=1S/C22H25N2O4.CH4O4S/c1-3-11-24(2)12-13-28-14-19(24)23(27)18-10-6-9-17-20(18)22(26)16-8-5-4-7-15(16)21(17)25;1-5-6(2,3)4/h4-10,19,27H,3,11-14H2,1-2H3;1H3,(H,2,3,4)/q+1;/p-1. The maximum absolute atomic E-state index is 13.2. The summed E-state index contributed by atoms with van der Waals surface area (Å²) in [6.45, 7) is 4.77. The van der Waals surface area contributed by atoms with Gasteiger partial charge >= 0.3 is 0 Å². The minimum atomic E-state index is -4.41. The average Bonchev–Trinajstić information content (AvgIpc) is 2.82. The van der Waals surface area contributed by atoms with Gasteiger partial charge in [0.1, 0.15) is 13.2 Å². The number of hydroxylamine groups is 1. The first kappa shape index (κ1) is 25.9. The van der Waals surface area contributed by atoms with Crippen LogP contribution >= 0.6 is 0 Å². The van der Waals surface area contributed by atoms with Crippen LogP contribution in [0.5, 0.6) is 0 Å². The summed E-state index contributed by atoms with van der Waals surface area (Å²) in [6.07, 6.45) is 0.624. The van der Waals surface area contributed by atoms with Crippen molar-refractivity contribution in [3.05, 3.63) is 64.7 Å². The zero-order valence-electron chi connectivity index (χ0n) is 19.3. The lowest BCUT2D eigenvalue weighted by atomic mass is 9.83. The smallest absolute Gasteiger partial charge is 0.217 e. The van der Waals surface area contributed by atoms with E-state index in [9.17, 15) is 27.8 Å². The van der Waals surface area contributed by atoms with Crippen molar-refractivity contribution in [2.24, 2.45) is 0 Å². The summed E-state index contributed by atoms with van der Waals surface area (Å²) in [6, 6.07) is 11.9. The molecule has 34 heavy (non-hydrogen) atoms. The molecule has 2 aromatic rings. The van der Waals surface area contributed by atoms with Crippen LogP contribution in [0.3, 0.4) is 0 Å². The van der Waals surface area contributed by atoms with Gasteiger partial charge in [-0.15, -0.1) is 0 Å². The van der Waals surface area contributed by atoms with Crippen molar-refractivity contribution in [2.75, 3.05) is 45.5 Å². The predicted molar refractivity (Wildman–Crippen MR) is 122 cm³/mol. The molecule has 2 atom stereocenters. The Hall–Kier alpha value is -2.67. The first-order chi connectivity index (χ1) is 16.0. The molecule has 1 N–H and O–H groups in total. The number of quaternary nitrogens is 1. The fourth-order valence-electron chi connectivity index (χ4n) is 4.38. The highest BCUT2D eigenvalue weighted by Gasteiger charge is 2.42. The Labute approximate surface area is 198 Å². The van der Waals surface area contributed by atoms with Gasteiger partial charge in [-0.05, 0) is 12.5 Å². The summed E-state index contributed by atoms with van der Waals surface area (Å²) in [5, 5.41) is 12.3. The highest BCUT2D eigenvalue weighted by molar-refractivity contribution is 7.80. The fraction of sp³-hybridized carbons (Fsp3) is 0.391. The molecule has 0 aromatic heterocycles. The Morgan fingerprint density at radius 1 is 1.12 bits per heavy atom. The molecule has 1 fully saturated rings. The number of likely N-dealkylation sites (N-methyl/N-ethyl adjacent to an activating group) is 1. The Balaban J connectivity index is 0.000000481. The molecule has 2 aliphatic rings. The van der Waals surface area contributed by atoms with Crippen molar-refractivity contribution in [3.63, 3.8) is 0 Å². The van der Waals surface area contributed by atoms with Crippen LogP contribution in [0.25, 0.3) is 0 Å². The fourth-order valence-corrected chi connectivity index (χ4v) is 4.38. The molecule has 0 spiro atoms. The second kappa shape index (κ2) is 10.3. The molecule has 0 amide bonds. The zero-order valence-corrected chi connectivity index (χ0v) is 20.1. The molecule has 1 aliphatic heterocycles. The first-order valence-electron chi connectivity index (χ1n) is 10.8. The molecule has 0 saturated carbocycles. The van der Waals surface area contributed by atoms with E-state index >= 15 is 0 Å². The van der Waals surface area contributed by atoms with Crippen LogP contribution < -0.4 is 5.06 Å². The summed E-state index contributed by atoms with van der Waals surface area (Å²) < 4.78 is 37.3. The van der Waals surface area contributed by atoms with E-state index < -0.39 is 10.4 Å². The quantitative estimate of drug-likeness (QED) is 0.245. The van der Waals surface area contributed by atoms with Crippen LogP contribution in [0.1, 0.15) is 45.2 Å². The van der Waals surface area contributed by atoms with Crippen molar-refractivity contribution in [3.8, 4) is 0 Å². The molecule has 0 radical (unpaired) electrons. The highest BCUT2D eigenvalue weighted by atomic mass is 32.3. The third-order valence-electron chi connectivity index (χ3n) is 6.13. The number of anilines is 1. The van der Waals surface area contributed by atoms with Crippen molar-refractivity contribution >= 4 is 27.7 Å². The normalized spacial score (nSPS) is 21.7. The molecule has 11 heteroatoms. The Kier molecular flexibility index (Phi) is 7.86. The van der Waals surface area contributed by atoms with Crippen molar-refractivity contribution in [2.45, 2.75) is 19.5 Å². The molecule has 1 heterocycles. The molecule has 10 nitrogen and oxygen atoms in total. The van der Waals surface area contributed by atoms with Crippen LogP contribution in [0.2, 0.25) is 0 Å². The molecule has 1 aliphatic carbocycles. The molecule has 2 unspecified atom stereocenters. The van der Waals surface area contributed by atoms with Crippen LogP contribution in [-0.4, -0.2) is 80.9 Å². The second-order valence-corrected chi connectivity index (χ2v) is 9.46. The third kappa shape index (κ3) is 5.19. The van der Waals surface area contributed by atoms with Gasteiger partial charge in [-0.3, -0.25) is 19.0 Å². The largest absolute Gasteiger partial charge is 0.726 e. The number of hydrogen-bond acceptors (Lipinski definition) is 9. The maximum atomic E-state index is 13.2. The molecule has 0 bridgehead atoms. The second-order valence-electron chi connectivity index (χ2n) is 8.31. The highest BCUT2D eigenvalue weighted by Crippen LogP contribution is 2.35. The molecular formula is C23H28N2O8S. The van der Waals surface area contributed by atoms with E-state index in [1.54, 1.807) is 42.5 Å². The lowest BCUT2D eigenvalue weighted by Gasteiger charge is -2.47. The number of benzene rings is 2. The average molecular weight is 493 g/mol. The third-order valence-corrected chi connectivity index (χ3v) is 6.54. The number of morpholine rings is 1. The van der Waals surface area contributed by atoms with Gasteiger partial charge in [0.2, 0.25) is 16.6 Å². The van der Waals surface area contributed by atoms with Gasteiger partial charge in [-0.1, -0.05) is 43.3 Å². The van der Waals surface area contributed by atoms with Gasteiger partial charge in [0.15, 0.2) is 11.6 Å². The van der Waals surface area contributed by atoms with Crippen LogP contribution in [0.15, 0.2) is 42.5 Å². The monoisotopic (exact) mass is 492 g/mol.